The van der Waals surface area contributed by atoms with E-state index in [1.165, 1.54) is 6.42 Å². The average Bonchev–Trinajstić information content (AvgIpc) is 2.59. The van der Waals surface area contributed by atoms with Gasteiger partial charge in [-0.25, -0.2) is 9.78 Å². The van der Waals surface area contributed by atoms with Gasteiger partial charge in [-0.05, 0) is 65.0 Å². The number of piperidine rings is 1. The summed E-state index contributed by atoms with van der Waals surface area (Å²) in [5.41, 5.74) is -0.0344. The zero-order chi connectivity index (χ0) is 21.2. The molecule has 160 valence electrons. The highest BCUT2D eigenvalue weighted by atomic mass is 16.6. The van der Waals surface area contributed by atoms with Crippen molar-refractivity contribution in [1.29, 1.82) is 0 Å². The first-order valence-corrected chi connectivity index (χ1v) is 10.6. The molecule has 7 nitrogen and oxygen atoms in total. The van der Waals surface area contributed by atoms with Crippen LogP contribution in [0.1, 0.15) is 70.2 Å². The van der Waals surface area contributed by atoms with E-state index >= 15 is 0 Å². The third-order valence-corrected chi connectivity index (χ3v) is 5.72. The molecule has 0 unspecified atom stereocenters. The summed E-state index contributed by atoms with van der Waals surface area (Å²) in [5.74, 6) is 1.27. The first kappa shape index (κ1) is 21.4. The van der Waals surface area contributed by atoms with Crippen LogP contribution in [0.3, 0.4) is 0 Å². The molecule has 3 rings (SSSR count). The summed E-state index contributed by atoms with van der Waals surface area (Å²) in [7, 11) is 2.04. The van der Waals surface area contributed by atoms with Gasteiger partial charge in [0.2, 0.25) is 5.91 Å². The summed E-state index contributed by atoms with van der Waals surface area (Å²) in [6.07, 6.45) is 5.28. The number of hydrogen-bond acceptors (Lipinski definition) is 6. The zero-order valence-corrected chi connectivity index (χ0v) is 18.3. The van der Waals surface area contributed by atoms with Gasteiger partial charge in [0.25, 0.3) is 0 Å². The molecule has 0 atom stereocenters. The normalized spacial score (nSPS) is 18.2. The van der Waals surface area contributed by atoms with Gasteiger partial charge in [-0.1, -0.05) is 0 Å². The lowest BCUT2D eigenvalue weighted by Crippen LogP contribution is -2.41. The number of esters is 1. The van der Waals surface area contributed by atoms with Gasteiger partial charge in [0.1, 0.15) is 17.2 Å². The number of carbonyl (C=O) groups is 2. The second kappa shape index (κ2) is 8.59. The van der Waals surface area contributed by atoms with E-state index in [0.29, 0.717) is 17.4 Å². The average molecular weight is 403 g/mol. The second-order valence-corrected chi connectivity index (χ2v) is 9.22. The molecule has 2 aliphatic rings. The van der Waals surface area contributed by atoms with Gasteiger partial charge < -0.3 is 19.9 Å². The van der Waals surface area contributed by atoms with Crippen molar-refractivity contribution in [2.24, 2.45) is 0 Å². The maximum absolute atomic E-state index is 12.7. The quantitative estimate of drug-likeness (QED) is 0.761. The van der Waals surface area contributed by atoms with E-state index in [1.807, 2.05) is 38.8 Å². The van der Waals surface area contributed by atoms with Gasteiger partial charge >= 0.3 is 5.97 Å². The highest BCUT2D eigenvalue weighted by Gasteiger charge is 2.26. The Morgan fingerprint density at radius 3 is 2.34 bits per heavy atom. The smallest absolute Gasteiger partial charge is 0.338 e. The molecule has 1 aliphatic carbocycles. The van der Waals surface area contributed by atoms with E-state index in [-0.39, 0.29) is 17.9 Å². The maximum Gasteiger partial charge on any atom is 0.338 e. The third kappa shape index (κ3) is 5.61. The van der Waals surface area contributed by atoms with Crippen molar-refractivity contribution in [3.63, 3.8) is 0 Å². The maximum atomic E-state index is 12.7. The minimum Gasteiger partial charge on any atom is -0.456 e. The minimum absolute atomic E-state index is 0.123. The molecule has 2 fully saturated rings. The molecule has 1 aromatic rings. The van der Waals surface area contributed by atoms with Crippen LogP contribution < -0.4 is 10.2 Å². The van der Waals surface area contributed by atoms with Crippen molar-refractivity contribution in [2.45, 2.75) is 77.5 Å². The lowest BCUT2D eigenvalue weighted by atomic mass is 9.92. The monoisotopic (exact) mass is 402 g/mol. The van der Waals surface area contributed by atoms with Gasteiger partial charge in [0.05, 0.1) is 5.56 Å². The number of hydrogen-bond donors (Lipinski definition) is 1. The van der Waals surface area contributed by atoms with Gasteiger partial charge in [0.15, 0.2) is 0 Å². The zero-order valence-electron chi connectivity index (χ0n) is 18.3. The van der Waals surface area contributed by atoms with Crippen LogP contribution in [0.4, 0.5) is 11.6 Å². The van der Waals surface area contributed by atoms with Crippen molar-refractivity contribution < 1.29 is 14.3 Å². The summed E-state index contributed by atoms with van der Waals surface area (Å²) in [5, 5.41) is 3.49. The Hall–Kier alpha value is -2.31. The molecule has 1 saturated carbocycles. The van der Waals surface area contributed by atoms with Crippen molar-refractivity contribution in [1.82, 2.24) is 9.88 Å². The third-order valence-electron chi connectivity index (χ3n) is 5.72. The molecule has 0 bridgehead atoms. The molecule has 2 heterocycles. The van der Waals surface area contributed by atoms with Crippen molar-refractivity contribution in [2.75, 3.05) is 30.4 Å². The summed E-state index contributed by atoms with van der Waals surface area (Å²) in [6.45, 7) is 8.71. The van der Waals surface area contributed by atoms with E-state index in [4.69, 9.17) is 9.72 Å². The number of aromatic nitrogens is 1. The van der Waals surface area contributed by atoms with Crippen LogP contribution in [-0.4, -0.2) is 59.6 Å². The Kier molecular flexibility index (Phi) is 6.34. The Morgan fingerprint density at radius 2 is 1.83 bits per heavy atom. The SMILES string of the molecule is CC(=O)N1CCC(Nc2cc(C(=O)OC(C)(C)C)cc(N(C)C3CCC3)n2)CC1. The standard InChI is InChI=1S/C22H34N4O3/c1-15(27)26-11-9-17(10-12-26)23-19-13-16(21(28)29-22(2,3)4)14-20(24-19)25(5)18-7-6-8-18/h13-14,17-18H,6-12H2,1-5H3,(H,23,24). The molecule has 1 aromatic heterocycles. The highest BCUT2D eigenvalue weighted by molar-refractivity contribution is 5.91. The largest absolute Gasteiger partial charge is 0.456 e. The molecule has 29 heavy (non-hydrogen) atoms. The summed E-state index contributed by atoms with van der Waals surface area (Å²) >= 11 is 0. The van der Waals surface area contributed by atoms with E-state index < -0.39 is 5.60 Å². The lowest BCUT2D eigenvalue weighted by Gasteiger charge is -2.36. The number of anilines is 2. The number of pyridine rings is 1. The fraction of sp³-hybridized carbons (Fsp3) is 0.682. The molecular formula is C22H34N4O3. The van der Waals surface area contributed by atoms with Crippen LogP contribution in [0.15, 0.2) is 12.1 Å². The Morgan fingerprint density at radius 1 is 1.17 bits per heavy atom. The highest BCUT2D eigenvalue weighted by Crippen LogP contribution is 2.29. The van der Waals surface area contributed by atoms with Crippen molar-refractivity contribution >= 4 is 23.5 Å². The number of rotatable bonds is 5. The molecule has 1 N–H and O–H groups in total. The fourth-order valence-electron chi connectivity index (χ4n) is 3.73. The molecule has 7 heteroatoms. The van der Waals surface area contributed by atoms with Gasteiger partial charge in [-0.2, -0.15) is 0 Å². The van der Waals surface area contributed by atoms with E-state index in [9.17, 15) is 9.59 Å². The number of carbonyl (C=O) groups excluding carboxylic acids is 2. The van der Waals surface area contributed by atoms with E-state index in [2.05, 4.69) is 10.2 Å². The van der Waals surface area contributed by atoms with Crippen molar-refractivity contribution in [3.05, 3.63) is 17.7 Å². The van der Waals surface area contributed by atoms with Crippen LogP contribution >= 0.6 is 0 Å². The van der Waals surface area contributed by atoms with Crippen LogP contribution in [0.5, 0.6) is 0 Å². The number of nitrogens with zero attached hydrogens (tertiary/aromatic N) is 3. The predicted molar refractivity (Wildman–Crippen MR) is 114 cm³/mol. The summed E-state index contributed by atoms with van der Waals surface area (Å²) in [4.78, 5) is 33.1. The molecule has 0 aromatic carbocycles. The topological polar surface area (TPSA) is 74.8 Å². The number of likely N-dealkylation sites (tertiary alicyclic amines) is 1. The molecular weight excluding hydrogens is 368 g/mol. The lowest BCUT2D eigenvalue weighted by molar-refractivity contribution is -0.129. The first-order valence-electron chi connectivity index (χ1n) is 10.6. The molecule has 1 amide bonds. The number of amides is 1. The summed E-state index contributed by atoms with van der Waals surface area (Å²) in [6, 6.07) is 4.32. The van der Waals surface area contributed by atoms with Crippen LogP contribution in [0.25, 0.3) is 0 Å². The minimum atomic E-state index is -0.548. The fourth-order valence-corrected chi connectivity index (χ4v) is 3.73. The Balaban J connectivity index is 1.78. The number of nitrogens with one attached hydrogen (secondary N) is 1. The first-order chi connectivity index (χ1) is 13.6. The molecule has 0 spiro atoms. The molecule has 1 saturated heterocycles. The second-order valence-electron chi connectivity index (χ2n) is 9.22. The molecule has 1 aliphatic heterocycles. The Labute approximate surface area is 173 Å². The molecule has 0 radical (unpaired) electrons. The van der Waals surface area contributed by atoms with Gasteiger partial charge in [-0.15, -0.1) is 0 Å². The Bertz CT molecular complexity index is 747. The van der Waals surface area contributed by atoms with Crippen LogP contribution in [0, 0.1) is 0 Å². The van der Waals surface area contributed by atoms with Gasteiger partial charge in [0, 0.05) is 39.1 Å². The van der Waals surface area contributed by atoms with E-state index in [0.717, 1.165) is 44.6 Å². The van der Waals surface area contributed by atoms with E-state index in [1.54, 1.807) is 13.0 Å². The van der Waals surface area contributed by atoms with Crippen molar-refractivity contribution in [3.8, 4) is 0 Å². The summed E-state index contributed by atoms with van der Waals surface area (Å²) < 4.78 is 5.59. The van der Waals surface area contributed by atoms with Gasteiger partial charge in [-0.3, -0.25) is 4.79 Å². The predicted octanol–water partition coefficient (Wildman–Crippen LogP) is 3.45. The van der Waals surface area contributed by atoms with Crippen LogP contribution in [-0.2, 0) is 9.53 Å². The number of ether oxygens (including phenoxy) is 1. The van der Waals surface area contributed by atoms with Crippen LogP contribution in [0.2, 0.25) is 0 Å².